The Morgan fingerprint density at radius 2 is 2.00 bits per heavy atom. The molecule has 0 spiro atoms. The smallest absolute Gasteiger partial charge is 0.312 e. The predicted octanol–water partition coefficient (Wildman–Crippen LogP) is -0.801. The third-order valence-electron chi connectivity index (χ3n) is 3.68. The summed E-state index contributed by atoms with van der Waals surface area (Å²) >= 11 is 0. The van der Waals surface area contributed by atoms with Gasteiger partial charge in [0.05, 0.1) is 15.8 Å². The zero-order valence-electron chi connectivity index (χ0n) is 11.9. The van der Waals surface area contributed by atoms with E-state index in [9.17, 15) is 18.0 Å². The van der Waals surface area contributed by atoms with Crippen molar-refractivity contribution in [3.63, 3.8) is 0 Å². The molecule has 1 fully saturated rings. The Bertz CT molecular complexity index is 931. The fourth-order valence-electron chi connectivity index (χ4n) is 2.57. The van der Waals surface area contributed by atoms with Crippen LogP contribution in [0, 0.1) is 0 Å². The number of nitrogens with zero attached hydrogens (tertiary/aromatic N) is 1. The van der Waals surface area contributed by atoms with E-state index in [0.717, 1.165) is 0 Å². The Hall–Kier alpha value is -1.97. The van der Waals surface area contributed by atoms with Gasteiger partial charge in [-0.15, -0.1) is 0 Å². The van der Waals surface area contributed by atoms with Crippen molar-refractivity contribution in [2.24, 2.45) is 0 Å². The van der Waals surface area contributed by atoms with Crippen LogP contribution in [-0.4, -0.2) is 48.4 Å². The number of piperazine rings is 1. The quantitative estimate of drug-likeness (QED) is 0.669. The molecule has 0 amide bonds. The maximum absolute atomic E-state index is 12.7. The summed E-state index contributed by atoms with van der Waals surface area (Å²) in [5.74, 6) is 0. The first-order valence-electron chi connectivity index (χ1n) is 6.88. The standard InChI is InChI=1S/C13H16N4O4S/c1-8-7-17(5-4-14-8)22(20,21)9-2-3-11-10(6-9)12(18)16-13(19)15-11/h2-3,6,8,14H,4-5,7H2,1H3,(H2,15,16,18,19)/t8-/m0/s1. The van der Waals surface area contributed by atoms with Gasteiger partial charge in [0, 0.05) is 25.7 Å². The molecular formula is C13H16N4O4S. The second-order valence-corrected chi connectivity index (χ2v) is 7.27. The molecule has 2 aromatic rings. The van der Waals surface area contributed by atoms with Gasteiger partial charge in [0.15, 0.2) is 0 Å². The molecule has 1 aromatic carbocycles. The molecular weight excluding hydrogens is 308 g/mol. The van der Waals surface area contributed by atoms with Crippen molar-refractivity contribution >= 4 is 20.9 Å². The summed E-state index contributed by atoms with van der Waals surface area (Å²) in [5.41, 5.74) is -0.921. The van der Waals surface area contributed by atoms with E-state index >= 15 is 0 Å². The molecule has 0 aliphatic carbocycles. The van der Waals surface area contributed by atoms with Crippen molar-refractivity contribution in [3.8, 4) is 0 Å². The average Bonchev–Trinajstić information content (AvgIpc) is 2.46. The van der Waals surface area contributed by atoms with Crippen molar-refractivity contribution in [1.82, 2.24) is 19.6 Å². The van der Waals surface area contributed by atoms with Crippen molar-refractivity contribution in [2.75, 3.05) is 19.6 Å². The van der Waals surface area contributed by atoms with Gasteiger partial charge in [0.25, 0.3) is 5.56 Å². The van der Waals surface area contributed by atoms with Crippen molar-refractivity contribution in [1.29, 1.82) is 0 Å². The molecule has 0 bridgehead atoms. The summed E-state index contributed by atoms with van der Waals surface area (Å²) < 4.78 is 26.7. The van der Waals surface area contributed by atoms with Gasteiger partial charge >= 0.3 is 5.69 Å². The Labute approximate surface area is 126 Å². The van der Waals surface area contributed by atoms with Gasteiger partial charge in [-0.25, -0.2) is 13.2 Å². The average molecular weight is 324 g/mol. The Morgan fingerprint density at radius 1 is 1.23 bits per heavy atom. The number of sulfonamides is 1. The van der Waals surface area contributed by atoms with Crippen LogP contribution in [0.1, 0.15) is 6.92 Å². The number of rotatable bonds is 2. The lowest BCUT2D eigenvalue weighted by Gasteiger charge is -2.31. The minimum atomic E-state index is -3.66. The molecule has 1 atom stereocenters. The second kappa shape index (κ2) is 5.34. The van der Waals surface area contributed by atoms with Crippen LogP contribution in [0.5, 0.6) is 0 Å². The maximum Gasteiger partial charge on any atom is 0.326 e. The van der Waals surface area contributed by atoms with Crippen molar-refractivity contribution in [3.05, 3.63) is 39.0 Å². The van der Waals surface area contributed by atoms with E-state index in [-0.39, 0.29) is 16.3 Å². The number of nitrogens with one attached hydrogen (secondary N) is 3. The molecule has 118 valence electrons. The minimum absolute atomic E-state index is 0.0478. The number of fused-ring (bicyclic) bond motifs is 1. The molecule has 1 aliphatic rings. The van der Waals surface area contributed by atoms with Crippen molar-refractivity contribution < 1.29 is 8.42 Å². The summed E-state index contributed by atoms with van der Waals surface area (Å²) in [6, 6.07) is 4.21. The molecule has 1 saturated heterocycles. The number of benzene rings is 1. The zero-order chi connectivity index (χ0) is 15.9. The number of hydrogen-bond acceptors (Lipinski definition) is 5. The Morgan fingerprint density at radius 3 is 2.73 bits per heavy atom. The van der Waals surface area contributed by atoms with Gasteiger partial charge in [-0.1, -0.05) is 0 Å². The third kappa shape index (κ3) is 2.58. The molecule has 9 heteroatoms. The van der Waals surface area contributed by atoms with Crippen molar-refractivity contribution in [2.45, 2.75) is 17.9 Å². The maximum atomic E-state index is 12.7. The van der Waals surface area contributed by atoms with Crippen LogP contribution in [0.15, 0.2) is 32.7 Å². The van der Waals surface area contributed by atoms with E-state index in [1.165, 1.54) is 22.5 Å². The highest BCUT2D eigenvalue weighted by molar-refractivity contribution is 7.89. The largest absolute Gasteiger partial charge is 0.326 e. The SMILES string of the molecule is C[C@H]1CN(S(=O)(=O)c2ccc3[nH]c(=O)[nH]c(=O)c3c2)CCN1. The summed E-state index contributed by atoms with van der Waals surface area (Å²) in [6.07, 6.45) is 0. The molecule has 2 heterocycles. The highest BCUT2D eigenvalue weighted by Crippen LogP contribution is 2.19. The fourth-order valence-corrected chi connectivity index (χ4v) is 4.13. The van der Waals surface area contributed by atoms with E-state index in [4.69, 9.17) is 0 Å². The van der Waals surface area contributed by atoms with Crippen LogP contribution in [0.2, 0.25) is 0 Å². The van der Waals surface area contributed by atoms with Crippen LogP contribution in [0.3, 0.4) is 0 Å². The number of aromatic nitrogens is 2. The molecule has 3 N–H and O–H groups in total. The molecule has 0 saturated carbocycles. The van der Waals surface area contributed by atoms with Crippen LogP contribution >= 0.6 is 0 Å². The van der Waals surface area contributed by atoms with E-state index in [1.54, 1.807) is 0 Å². The molecule has 1 aromatic heterocycles. The highest BCUT2D eigenvalue weighted by Gasteiger charge is 2.28. The second-order valence-electron chi connectivity index (χ2n) is 5.33. The first-order chi connectivity index (χ1) is 10.4. The molecule has 8 nitrogen and oxygen atoms in total. The predicted molar refractivity (Wildman–Crippen MR) is 81.4 cm³/mol. The molecule has 0 radical (unpaired) electrons. The lowest BCUT2D eigenvalue weighted by atomic mass is 10.2. The Balaban J connectivity index is 2.09. The van der Waals surface area contributed by atoms with E-state index in [2.05, 4.69) is 15.3 Å². The molecule has 0 unspecified atom stereocenters. The van der Waals surface area contributed by atoms with Crippen LogP contribution < -0.4 is 16.6 Å². The molecule has 3 rings (SSSR count). The van der Waals surface area contributed by atoms with Crippen LogP contribution in [0.4, 0.5) is 0 Å². The number of H-pyrrole nitrogens is 2. The van der Waals surface area contributed by atoms with Gasteiger partial charge < -0.3 is 10.3 Å². The number of hydrogen-bond donors (Lipinski definition) is 3. The summed E-state index contributed by atoms with van der Waals surface area (Å²) in [7, 11) is -3.66. The summed E-state index contributed by atoms with van der Waals surface area (Å²) in [4.78, 5) is 27.6. The molecule has 22 heavy (non-hydrogen) atoms. The molecule has 1 aliphatic heterocycles. The monoisotopic (exact) mass is 324 g/mol. The third-order valence-corrected chi connectivity index (χ3v) is 5.54. The lowest BCUT2D eigenvalue weighted by Crippen LogP contribution is -2.51. The van der Waals surface area contributed by atoms with Gasteiger partial charge in [-0.2, -0.15) is 4.31 Å². The number of aromatic amines is 2. The first-order valence-corrected chi connectivity index (χ1v) is 8.32. The zero-order valence-corrected chi connectivity index (χ0v) is 12.7. The van der Waals surface area contributed by atoms with E-state index < -0.39 is 21.3 Å². The topological polar surface area (TPSA) is 115 Å². The normalized spacial score (nSPS) is 20.3. The first kappa shape index (κ1) is 14.9. The lowest BCUT2D eigenvalue weighted by molar-refractivity contribution is 0.310. The fraction of sp³-hybridized carbons (Fsp3) is 0.385. The highest BCUT2D eigenvalue weighted by atomic mass is 32.2. The van der Waals surface area contributed by atoms with Crippen LogP contribution in [0.25, 0.3) is 10.9 Å². The minimum Gasteiger partial charge on any atom is -0.312 e. The van der Waals surface area contributed by atoms with Gasteiger partial charge in [0.2, 0.25) is 10.0 Å². The van der Waals surface area contributed by atoms with Gasteiger partial charge in [-0.3, -0.25) is 9.78 Å². The van der Waals surface area contributed by atoms with Gasteiger partial charge in [0.1, 0.15) is 0 Å². The Kier molecular flexibility index (Phi) is 3.63. The summed E-state index contributed by atoms with van der Waals surface area (Å²) in [5, 5.41) is 3.32. The summed E-state index contributed by atoms with van der Waals surface area (Å²) in [6.45, 7) is 3.26. The van der Waals surface area contributed by atoms with E-state index in [0.29, 0.717) is 25.2 Å². The van der Waals surface area contributed by atoms with Crippen LogP contribution in [-0.2, 0) is 10.0 Å². The van der Waals surface area contributed by atoms with E-state index in [1.807, 2.05) is 6.92 Å². The van der Waals surface area contributed by atoms with Gasteiger partial charge in [-0.05, 0) is 25.1 Å².